The Bertz CT molecular complexity index is 590. The second-order valence-corrected chi connectivity index (χ2v) is 4.89. The lowest BCUT2D eigenvalue weighted by atomic mass is 10.2. The van der Waals surface area contributed by atoms with Gasteiger partial charge in [0.2, 0.25) is 5.75 Å². The molecule has 2 N–H and O–H groups in total. The summed E-state index contributed by atoms with van der Waals surface area (Å²) in [6.07, 6.45) is 3.86. The molecule has 0 amide bonds. The average Bonchev–Trinajstić information content (AvgIpc) is 2.52. The zero-order valence-electron chi connectivity index (χ0n) is 12.6. The summed E-state index contributed by atoms with van der Waals surface area (Å²) in [6, 6.07) is 2.94. The molecule has 1 aromatic rings. The molecule has 9 heteroatoms. The molecule has 0 heterocycles. The van der Waals surface area contributed by atoms with Crippen LogP contribution in [0.25, 0.3) is 0 Å². The van der Waals surface area contributed by atoms with Gasteiger partial charge in [-0.15, -0.1) is 5.10 Å². The van der Waals surface area contributed by atoms with Gasteiger partial charge in [0.1, 0.15) is 0 Å². The number of nitro groups is 1. The molecule has 1 rings (SSSR count). The summed E-state index contributed by atoms with van der Waals surface area (Å²) in [7, 11) is 1.42. The third-order valence-electron chi connectivity index (χ3n) is 2.50. The summed E-state index contributed by atoms with van der Waals surface area (Å²) in [6.45, 7) is 2.27. The summed E-state index contributed by atoms with van der Waals surface area (Å²) in [5.74, 6) is 0.379. The molecule has 0 saturated heterocycles. The molecule has 22 heavy (non-hydrogen) atoms. The van der Waals surface area contributed by atoms with Crippen LogP contribution in [-0.4, -0.2) is 36.3 Å². The van der Waals surface area contributed by atoms with Crippen molar-refractivity contribution in [1.29, 1.82) is 0 Å². The Morgan fingerprint density at radius 1 is 1.55 bits per heavy atom. The maximum Gasteiger partial charge on any atom is 0.315 e. The minimum atomic E-state index is -0.523. The lowest BCUT2D eigenvalue weighted by Crippen LogP contribution is -2.04. The van der Waals surface area contributed by atoms with Crippen molar-refractivity contribution in [2.24, 2.45) is 15.9 Å². The van der Waals surface area contributed by atoms with Crippen molar-refractivity contribution >= 4 is 28.8 Å². The summed E-state index contributed by atoms with van der Waals surface area (Å²) < 4.78 is 10.6. The molecule has 0 aromatic heterocycles. The van der Waals surface area contributed by atoms with Crippen molar-refractivity contribution in [2.45, 2.75) is 13.3 Å². The average molecular weight is 326 g/mol. The second-order valence-electron chi connectivity index (χ2n) is 4.06. The fraction of sp³-hybridized carbons (Fsp3) is 0.385. The summed E-state index contributed by atoms with van der Waals surface area (Å²) in [5.41, 5.74) is 5.78. The minimum Gasteiger partial charge on any atom is -0.493 e. The van der Waals surface area contributed by atoms with Crippen LogP contribution in [-0.2, 0) is 0 Å². The zero-order chi connectivity index (χ0) is 16.5. The van der Waals surface area contributed by atoms with E-state index in [-0.39, 0.29) is 17.2 Å². The van der Waals surface area contributed by atoms with E-state index in [9.17, 15) is 10.1 Å². The lowest BCUT2D eigenvalue weighted by molar-refractivity contribution is -0.386. The van der Waals surface area contributed by atoms with Crippen LogP contribution >= 0.6 is 11.8 Å². The molecule has 0 bridgehead atoms. The first-order valence-electron chi connectivity index (χ1n) is 6.43. The summed E-state index contributed by atoms with van der Waals surface area (Å²) >= 11 is 1.25. The number of amidine groups is 1. The third kappa shape index (κ3) is 4.92. The normalized spacial score (nSPS) is 11.7. The molecule has 0 fully saturated rings. The first-order chi connectivity index (χ1) is 10.5. The predicted octanol–water partition coefficient (Wildman–Crippen LogP) is 2.40. The van der Waals surface area contributed by atoms with Gasteiger partial charge in [-0.1, -0.05) is 18.7 Å². The van der Waals surface area contributed by atoms with Crippen LogP contribution in [0.5, 0.6) is 11.5 Å². The Kier molecular flexibility index (Phi) is 7.17. The molecular formula is C13H18N4O4S. The number of hydrogen-bond acceptors (Lipinski definition) is 7. The van der Waals surface area contributed by atoms with Crippen LogP contribution < -0.4 is 15.2 Å². The van der Waals surface area contributed by atoms with Gasteiger partial charge in [0.15, 0.2) is 10.9 Å². The number of methoxy groups -OCH3 is 1. The van der Waals surface area contributed by atoms with Crippen LogP contribution in [0, 0.1) is 10.1 Å². The predicted molar refractivity (Wildman–Crippen MR) is 88.2 cm³/mol. The third-order valence-corrected chi connectivity index (χ3v) is 3.00. The Balaban J connectivity index is 3.21. The van der Waals surface area contributed by atoms with Crippen LogP contribution in [0.3, 0.4) is 0 Å². The van der Waals surface area contributed by atoms with Crippen LogP contribution in [0.4, 0.5) is 5.69 Å². The summed E-state index contributed by atoms with van der Waals surface area (Å²) in [5, 5.41) is 19.0. The molecule has 1 aromatic carbocycles. The van der Waals surface area contributed by atoms with Gasteiger partial charge < -0.3 is 15.2 Å². The number of nitrogens with two attached hydrogens (primary N) is 1. The van der Waals surface area contributed by atoms with Crippen molar-refractivity contribution in [3.63, 3.8) is 0 Å². The Morgan fingerprint density at radius 3 is 2.82 bits per heavy atom. The highest BCUT2D eigenvalue weighted by Crippen LogP contribution is 2.38. The topological polar surface area (TPSA) is 112 Å². The first kappa shape index (κ1) is 17.8. The van der Waals surface area contributed by atoms with Gasteiger partial charge in [-0.3, -0.25) is 10.1 Å². The molecular weight excluding hydrogens is 308 g/mol. The molecule has 0 atom stereocenters. The number of rotatable bonds is 7. The fourth-order valence-corrected chi connectivity index (χ4v) is 1.64. The van der Waals surface area contributed by atoms with Crippen LogP contribution in [0.15, 0.2) is 22.3 Å². The van der Waals surface area contributed by atoms with Gasteiger partial charge in [-0.2, -0.15) is 5.10 Å². The number of nitro benzene ring substituents is 1. The highest BCUT2D eigenvalue weighted by atomic mass is 32.2. The summed E-state index contributed by atoms with van der Waals surface area (Å²) in [4.78, 5) is 10.7. The first-order valence-corrected chi connectivity index (χ1v) is 7.65. The Morgan fingerprint density at radius 2 is 2.27 bits per heavy atom. The van der Waals surface area contributed by atoms with E-state index in [4.69, 9.17) is 15.2 Å². The number of nitrogens with zero attached hydrogens (tertiary/aromatic N) is 3. The molecule has 0 unspecified atom stereocenters. The molecule has 0 radical (unpaired) electrons. The van der Waals surface area contributed by atoms with E-state index in [0.29, 0.717) is 17.3 Å². The second kappa shape index (κ2) is 8.88. The number of ether oxygens (including phenoxy) is 2. The van der Waals surface area contributed by atoms with Gasteiger partial charge in [0, 0.05) is 11.6 Å². The van der Waals surface area contributed by atoms with E-state index < -0.39 is 4.92 Å². The molecule has 120 valence electrons. The van der Waals surface area contributed by atoms with Gasteiger partial charge in [-0.25, -0.2) is 0 Å². The quantitative estimate of drug-likeness (QED) is 0.356. The van der Waals surface area contributed by atoms with Crippen LogP contribution in [0.1, 0.15) is 18.9 Å². The maximum absolute atomic E-state index is 11.2. The largest absolute Gasteiger partial charge is 0.493 e. The van der Waals surface area contributed by atoms with Crippen molar-refractivity contribution in [3.05, 3.63) is 27.8 Å². The van der Waals surface area contributed by atoms with Crippen molar-refractivity contribution in [3.8, 4) is 11.5 Å². The van der Waals surface area contributed by atoms with Gasteiger partial charge in [-0.05, 0) is 18.7 Å². The van der Waals surface area contributed by atoms with E-state index in [1.54, 1.807) is 12.3 Å². The van der Waals surface area contributed by atoms with E-state index in [1.165, 1.54) is 31.2 Å². The molecule has 0 saturated carbocycles. The van der Waals surface area contributed by atoms with Gasteiger partial charge >= 0.3 is 5.69 Å². The Labute approximate surface area is 132 Å². The molecule has 0 spiro atoms. The highest BCUT2D eigenvalue weighted by Gasteiger charge is 2.21. The molecule has 0 aliphatic carbocycles. The Hall–Kier alpha value is -2.29. The fourth-order valence-electron chi connectivity index (χ4n) is 1.51. The number of hydrogen-bond donors (Lipinski definition) is 1. The minimum absolute atomic E-state index is 0.110. The van der Waals surface area contributed by atoms with Gasteiger partial charge in [0.05, 0.1) is 24.9 Å². The van der Waals surface area contributed by atoms with Crippen molar-refractivity contribution in [2.75, 3.05) is 20.0 Å². The smallest absolute Gasteiger partial charge is 0.315 e. The van der Waals surface area contributed by atoms with E-state index in [1.807, 2.05) is 6.92 Å². The van der Waals surface area contributed by atoms with Crippen molar-refractivity contribution in [1.82, 2.24) is 0 Å². The number of benzene rings is 1. The van der Waals surface area contributed by atoms with Crippen molar-refractivity contribution < 1.29 is 14.4 Å². The highest BCUT2D eigenvalue weighted by molar-refractivity contribution is 8.13. The van der Waals surface area contributed by atoms with E-state index >= 15 is 0 Å². The molecule has 0 aliphatic heterocycles. The van der Waals surface area contributed by atoms with E-state index in [2.05, 4.69) is 10.2 Å². The molecule has 8 nitrogen and oxygen atoms in total. The molecule has 0 aliphatic rings. The number of thioether (sulfide) groups is 1. The SMILES string of the molecule is CCCOc1c(OC)cc(/C=N\N=C(/N)SC)cc1[N+](=O)[O-]. The van der Waals surface area contributed by atoms with Gasteiger partial charge in [0.25, 0.3) is 0 Å². The monoisotopic (exact) mass is 326 g/mol. The van der Waals surface area contributed by atoms with Crippen LogP contribution in [0.2, 0.25) is 0 Å². The lowest BCUT2D eigenvalue weighted by Gasteiger charge is -2.11. The maximum atomic E-state index is 11.2. The zero-order valence-corrected chi connectivity index (χ0v) is 13.4. The standard InChI is InChI=1S/C13H18N4O4S/c1-4-5-21-12-10(17(18)19)6-9(7-11(12)20-2)8-15-16-13(14)22-3/h6-8H,4-5H2,1-3H3,(H2,14,16)/b15-8-. The van der Waals surface area contributed by atoms with E-state index in [0.717, 1.165) is 6.42 Å².